The van der Waals surface area contributed by atoms with Gasteiger partial charge in [-0.3, -0.25) is 0 Å². The molecule has 7 heteroatoms. The molecule has 0 fully saturated rings. The summed E-state index contributed by atoms with van der Waals surface area (Å²) in [4.78, 5) is 12.1. The van der Waals surface area contributed by atoms with Crippen LogP contribution in [0, 0.1) is 0 Å². The maximum atomic E-state index is 12.1. The topological polar surface area (TPSA) is 59.6 Å². The number of benzene rings is 1. The quantitative estimate of drug-likeness (QED) is 0.651. The van der Waals surface area contributed by atoms with Crippen molar-refractivity contribution in [3.05, 3.63) is 46.1 Å². The SMILES string of the molecule is COCC1=C(C(=O)OC)C(c2ccc(Cl)cc2)NC(=S)N1. The van der Waals surface area contributed by atoms with Crippen molar-refractivity contribution in [2.24, 2.45) is 0 Å². The molecule has 0 saturated carbocycles. The summed E-state index contributed by atoms with van der Waals surface area (Å²) in [6.45, 7) is 0.232. The van der Waals surface area contributed by atoms with Gasteiger partial charge in [0.15, 0.2) is 5.11 Å². The maximum Gasteiger partial charge on any atom is 0.338 e. The minimum atomic E-state index is -0.440. The molecule has 1 atom stereocenters. The zero-order valence-electron chi connectivity index (χ0n) is 11.6. The lowest BCUT2D eigenvalue weighted by Gasteiger charge is -2.30. The second-order valence-corrected chi connectivity index (χ2v) is 5.24. The monoisotopic (exact) mass is 326 g/mol. The van der Waals surface area contributed by atoms with Crippen LogP contribution in [-0.4, -0.2) is 31.9 Å². The lowest BCUT2D eigenvalue weighted by Crippen LogP contribution is -2.46. The molecule has 0 aliphatic carbocycles. The van der Waals surface area contributed by atoms with Gasteiger partial charge in [-0.15, -0.1) is 0 Å². The summed E-state index contributed by atoms with van der Waals surface area (Å²) < 4.78 is 10.00. The molecule has 1 aliphatic rings. The third-order valence-electron chi connectivity index (χ3n) is 3.05. The van der Waals surface area contributed by atoms with Gasteiger partial charge in [0.25, 0.3) is 0 Å². The fourth-order valence-electron chi connectivity index (χ4n) is 2.13. The molecule has 1 aromatic rings. The standard InChI is InChI=1S/C14H15ClN2O3S/c1-19-7-10-11(13(18)20-2)12(17-14(21)16-10)8-3-5-9(15)6-4-8/h3-6,12H,7H2,1-2H3,(H2,16,17,21). The van der Waals surface area contributed by atoms with E-state index in [4.69, 9.17) is 33.3 Å². The molecule has 1 aromatic carbocycles. The van der Waals surface area contributed by atoms with Crippen LogP contribution in [0.4, 0.5) is 0 Å². The third-order valence-corrected chi connectivity index (χ3v) is 3.52. The van der Waals surface area contributed by atoms with Gasteiger partial charge in [-0.05, 0) is 29.9 Å². The molecule has 1 unspecified atom stereocenters. The van der Waals surface area contributed by atoms with Crippen LogP contribution in [0.2, 0.25) is 5.02 Å². The minimum absolute atomic E-state index is 0.232. The van der Waals surface area contributed by atoms with E-state index in [9.17, 15) is 4.79 Å². The van der Waals surface area contributed by atoms with Gasteiger partial charge in [0.1, 0.15) is 0 Å². The molecule has 0 aromatic heterocycles. The van der Waals surface area contributed by atoms with Crippen molar-refractivity contribution in [3.63, 3.8) is 0 Å². The number of carbonyl (C=O) groups excluding carboxylic acids is 1. The zero-order valence-corrected chi connectivity index (χ0v) is 13.2. The smallest absolute Gasteiger partial charge is 0.338 e. The fourth-order valence-corrected chi connectivity index (χ4v) is 2.50. The molecule has 0 bridgehead atoms. The molecule has 2 rings (SSSR count). The van der Waals surface area contributed by atoms with Crippen molar-refractivity contribution in [1.82, 2.24) is 10.6 Å². The second-order valence-electron chi connectivity index (χ2n) is 4.40. The van der Waals surface area contributed by atoms with Crippen molar-refractivity contribution < 1.29 is 14.3 Å². The Labute approximate surface area is 133 Å². The van der Waals surface area contributed by atoms with Crippen molar-refractivity contribution in [2.45, 2.75) is 6.04 Å². The molecule has 0 spiro atoms. The number of ether oxygens (including phenoxy) is 2. The van der Waals surface area contributed by atoms with E-state index in [1.54, 1.807) is 19.2 Å². The van der Waals surface area contributed by atoms with Crippen LogP contribution < -0.4 is 10.6 Å². The summed E-state index contributed by atoms with van der Waals surface area (Å²) in [5.74, 6) is -0.440. The molecule has 21 heavy (non-hydrogen) atoms. The fraction of sp³-hybridized carbons (Fsp3) is 0.286. The molecular weight excluding hydrogens is 312 g/mol. The molecule has 2 N–H and O–H groups in total. The maximum absolute atomic E-state index is 12.1. The number of halogens is 1. The highest BCUT2D eigenvalue weighted by atomic mass is 35.5. The molecule has 0 saturated heterocycles. The number of methoxy groups -OCH3 is 2. The first-order chi connectivity index (χ1) is 10.1. The Bertz CT molecular complexity index is 586. The van der Waals surface area contributed by atoms with Gasteiger partial charge < -0.3 is 20.1 Å². The van der Waals surface area contributed by atoms with Crippen molar-refractivity contribution in [1.29, 1.82) is 0 Å². The van der Waals surface area contributed by atoms with E-state index in [-0.39, 0.29) is 6.61 Å². The van der Waals surface area contributed by atoms with E-state index in [0.717, 1.165) is 5.56 Å². The largest absolute Gasteiger partial charge is 0.466 e. The zero-order chi connectivity index (χ0) is 15.4. The second kappa shape index (κ2) is 6.89. The van der Waals surface area contributed by atoms with Gasteiger partial charge in [-0.25, -0.2) is 4.79 Å². The Morgan fingerprint density at radius 3 is 2.57 bits per heavy atom. The van der Waals surface area contributed by atoms with Crippen LogP contribution in [0.25, 0.3) is 0 Å². The average molecular weight is 327 g/mol. The van der Waals surface area contributed by atoms with Crippen molar-refractivity contribution >= 4 is 34.9 Å². The first kappa shape index (κ1) is 15.8. The summed E-state index contributed by atoms with van der Waals surface area (Å²) in [5, 5.41) is 7.06. The normalized spacial score (nSPS) is 18.0. The summed E-state index contributed by atoms with van der Waals surface area (Å²) in [7, 11) is 2.89. The Kier molecular flexibility index (Phi) is 5.17. The molecule has 0 amide bonds. The predicted octanol–water partition coefficient (Wildman–Crippen LogP) is 1.93. The number of nitrogens with one attached hydrogen (secondary N) is 2. The van der Waals surface area contributed by atoms with Gasteiger partial charge in [0.2, 0.25) is 0 Å². The molecular formula is C14H15ClN2O3S. The molecule has 5 nitrogen and oxygen atoms in total. The van der Waals surface area contributed by atoms with Gasteiger partial charge in [0.05, 0.1) is 31.0 Å². The highest BCUT2D eigenvalue weighted by Gasteiger charge is 2.31. The molecule has 1 aliphatic heterocycles. The van der Waals surface area contributed by atoms with Crippen LogP contribution >= 0.6 is 23.8 Å². The van der Waals surface area contributed by atoms with E-state index in [0.29, 0.717) is 21.4 Å². The highest BCUT2D eigenvalue weighted by Crippen LogP contribution is 2.28. The Morgan fingerprint density at radius 1 is 1.33 bits per heavy atom. The number of hydrogen-bond acceptors (Lipinski definition) is 4. The number of esters is 1. The number of hydrogen-bond donors (Lipinski definition) is 2. The molecule has 112 valence electrons. The van der Waals surface area contributed by atoms with Crippen LogP contribution in [0.5, 0.6) is 0 Å². The van der Waals surface area contributed by atoms with Crippen molar-refractivity contribution in [2.75, 3.05) is 20.8 Å². The van der Waals surface area contributed by atoms with Gasteiger partial charge in [0, 0.05) is 12.1 Å². The Morgan fingerprint density at radius 2 is 2.00 bits per heavy atom. The van der Waals surface area contributed by atoms with E-state index < -0.39 is 12.0 Å². The van der Waals surface area contributed by atoms with Crippen molar-refractivity contribution in [3.8, 4) is 0 Å². The summed E-state index contributed by atoms with van der Waals surface area (Å²) in [5.41, 5.74) is 1.89. The van der Waals surface area contributed by atoms with E-state index in [1.807, 2.05) is 12.1 Å². The number of thiocarbonyl (C=S) groups is 1. The van der Waals surface area contributed by atoms with Crippen LogP contribution in [0.1, 0.15) is 11.6 Å². The van der Waals surface area contributed by atoms with E-state index in [1.165, 1.54) is 7.11 Å². The van der Waals surface area contributed by atoms with Gasteiger partial charge in [-0.2, -0.15) is 0 Å². The number of carbonyl (C=O) groups is 1. The highest BCUT2D eigenvalue weighted by molar-refractivity contribution is 7.80. The Hall–Kier alpha value is -1.63. The Balaban J connectivity index is 2.49. The van der Waals surface area contributed by atoms with Crippen LogP contribution in [-0.2, 0) is 14.3 Å². The van der Waals surface area contributed by atoms with Crippen LogP contribution in [0.3, 0.4) is 0 Å². The first-order valence-electron chi connectivity index (χ1n) is 6.20. The summed E-state index contributed by atoms with van der Waals surface area (Å²) in [6, 6.07) is 6.78. The van der Waals surface area contributed by atoms with Gasteiger partial charge in [-0.1, -0.05) is 23.7 Å². The number of rotatable bonds is 4. The third kappa shape index (κ3) is 3.53. The lowest BCUT2D eigenvalue weighted by molar-refractivity contribution is -0.136. The average Bonchev–Trinajstić information content (AvgIpc) is 2.47. The predicted molar refractivity (Wildman–Crippen MR) is 84.0 cm³/mol. The summed E-state index contributed by atoms with van der Waals surface area (Å²) in [6.07, 6.45) is 0. The lowest BCUT2D eigenvalue weighted by atomic mass is 9.95. The van der Waals surface area contributed by atoms with E-state index in [2.05, 4.69) is 10.6 Å². The first-order valence-corrected chi connectivity index (χ1v) is 6.98. The minimum Gasteiger partial charge on any atom is -0.466 e. The van der Waals surface area contributed by atoms with Crippen LogP contribution in [0.15, 0.2) is 35.5 Å². The molecule has 0 radical (unpaired) electrons. The van der Waals surface area contributed by atoms with E-state index >= 15 is 0 Å². The van der Waals surface area contributed by atoms with Gasteiger partial charge >= 0.3 is 5.97 Å². The summed E-state index contributed by atoms with van der Waals surface area (Å²) >= 11 is 11.1. The molecule has 1 heterocycles.